The van der Waals surface area contributed by atoms with Crippen molar-refractivity contribution < 1.29 is 24.2 Å². The van der Waals surface area contributed by atoms with E-state index in [0.29, 0.717) is 25.2 Å². The molecule has 1 atom stereocenters. The zero-order chi connectivity index (χ0) is 23.1. The Morgan fingerprint density at radius 3 is 2.00 bits per heavy atom. The summed E-state index contributed by atoms with van der Waals surface area (Å²) in [5, 5.41) is 10.9. The van der Waals surface area contributed by atoms with Gasteiger partial charge in [0.15, 0.2) is 0 Å². The Hall–Kier alpha value is -2.04. The molecule has 1 N–H and O–H groups in total. The van der Waals surface area contributed by atoms with Crippen molar-refractivity contribution in [3.05, 3.63) is 28.8 Å². The Bertz CT molecular complexity index is 687. The molecular formula is C25H40O5. The molecule has 170 valence electrons. The molecular weight excluding hydrogens is 380 g/mol. The molecule has 1 rings (SSSR count). The number of benzene rings is 1. The summed E-state index contributed by atoms with van der Waals surface area (Å²) in [5.41, 5.74) is 2.18. The van der Waals surface area contributed by atoms with Gasteiger partial charge >= 0.3 is 11.9 Å². The lowest BCUT2D eigenvalue weighted by atomic mass is 9.77. The SMILES string of the molecule is CCCCOC(=O)C(CCC(=O)OC)Cc1cc(C(C)(C)C)c(O)c(C(C)(C)C)c1. The van der Waals surface area contributed by atoms with Crippen LogP contribution >= 0.6 is 0 Å². The lowest BCUT2D eigenvalue weighted by Gasteiger charge is -2.29. The highest BCUT2D eigenvalue weighted by Crippen LogP contribution is 2.40. The molecule has 30 heavy (non-hydrogen) atoms. The van der Waals surface area contributed by atoms with Gasteiger partial charge in [0, 0.05) is 6.42 Å². The van der Waals surface area contributed by atoms with Gasteiger partial charge in [-0.1, -0.05) is 67.0 Å². The number of hydrogen-bond acceptors (Lipinski definition) is 5. The second kappa shape index (κ2) is 10.8. The Labute approximate surface area is 182 Å². The fourth-order valence-corrected chi connectivity index (χ4v) is 3.37. The van der Waals surface area contributed by atoms with Crippen LogP contribution in [-0.2, 0) is 36.3 Å². The van der Waals surface area contributed by atoms with Crippen molar-refractivity contribution in [2.45, 2.75) is 91.4 Å². The molecule has 0 radical (unpaired) electrons. The van der Waals surface area contributed by atoms with Crippen molar-refractivity contribution in [1.82, 2.24) is 0 Å². The van der Waals surface area contributed by atoms with Crippen LogP contribution in [0.2, 0.25) is 0 Å². The summed E-state index contributed by atoms with van der Waals surface area (Å²) in [6.07, 6.45) is 2.75. The molecule has 0 aliphatic carbocycles. The smallest absolute Gasteiger partial charge is 0.309 e. The maximum absolute atomic E-state index is 12.7. The van der Waals surface area contributed by atoms with Crippen LogP contribution in [0.15, 0.2) is 12.1 Å². The molecule has 0 bridgehead atoms. The normalized spacial score (nSPS) is 13.1. The monoisotopic (exact) mass is 420 g/mol. The number of carbonyl (C=O) groups excluding carboxylic acids is 2. The number of ether oxygens (including phenoxy) is 2. The van der Waals surface area contributed by atoms with E-state index in [1.54, 1.807) is 0 Å². The van der Waals surface area contributed by atoms with Gasteiger partial charge in [0.1, 0.15) is 5.75 Å². The average molecular weight is 421 g/mol. The van der Waals surface area contributed by atoms with E-state index in [9.17, 15) is 14.7 Å². The second-order valence-electron chi connectivity index (χ2n) is 10.1. The first-order chi connectivity index (χ1) is 13.8. The van der Waals surface area contributed by atoms with E-state index in [1.165, 1.54) is 7.11 Å². The molecule has 0 saturated carbocycles. The first-order valence-electron chi connectivity index (χ1n) is 10.9. The Kier molecular flexibility index (Phi) is 9.38. The van der Waals surface area contributed by atoms with E-state index in [1.807, 2.05) is 19.1 Å². The van der Waals surface area contributed by atoms with E-state index in [2.05, 4.69) is 41.5 Å². The molecule has 0 spiro atoms. The van der Waals surface area contributed by atoms with Gasteiger partial charge < -0.3 is 14.6 Å². The number of hydrogen-bond donors (Lipinski definition) is 1. The van der Waals surface area contributed by atoms with Crippen LogP contribution in [0.3, 0.4) is 0 Å². The maximum atomic E-state index is 12.7. The molecule has 1 aromatic rings. The summed E-state index contributed by atoms with van der Waals surface area (Å²) < 4.78 is 10.2. The minimum Gasteiger partial charge on any atom is -0.507 e. The molecule has 0 aliphatic heterocycles. The third-order valence-electron chi connectivity index (χ3n) is 5.27. The van der Waals surface area contributed by atoms with Crippen LogP contribution in [0.4, 0.5) is 0 Å². The number of rotatable bonds is 9. The fraction of sp³-hybridized carbons (Fsp3) is 0.680. The number of carbonyl (C=O) groups is 2. The molecule has 5 heteroatoms. The van der Waals surface area contributed by atoms with Crippen molar-refractivity contribution in [1.29, 1.82) is 0 Å². The van der Waals surface area contributed by atoms with Crippen LogP contribution in [0, 0.1) is 5.92 Å². The van der Waals surface area contributed by atoms with Crippen LogP contribution in [0.5, 0.6) is 5.75 Å². The molecule has 5 nitrogen and oxygen atoms in total. The summed E-state index contributed by atoms with van der Waals surface area (Å²) >= 11 is 0. The lowest BCUT2D eigenvalue weighted by Crippen LogP contribution is -2.23. The Morgan fingerprint density at radius 1 is 1.03 bits per heavy atom. The fourth-order valence-electron chi connectivity index (χ4n) is 3.37. The van der Waals surface area contributed by atoms with Crippen molar-refractivity contribution in [2.75, 3.05) is 13.7 Å². The minimum atomic E-state index is -0.439. The van der Waals surface area contributed by atoms with Crippen molar-refractivity contribution in [3.63, 3.8) is 0 Å². The first-order valence-corrected chi connectivity index (χ1v) is 10.9. The van der Waals surface area contributed by atoms with E-state index in [-0.39, 0.29) is 29.2 Å². The number of phenolic OH excluding ortho intramolecular Hbond substituents is 1. The third kappa shape index (κ3) is 7.66. The Morgan fingerprint density at radius 2 is 1.57 bits per heavy atom. The highest BCUT2D eigenvalue weighted by Gasteiger charge is 2.28. The molecule has 0 heterocycles. The van der Waals surface area contributed by atoms with E-state index >= 15 is 0 Å². The summed E-state index contributed by atoms with van der Waals surface area (Å²) in [4.78, 5) is 24.4. The predicted octanol–water partition coefficient (Wildman–Crippen LogP) is 5.44. The zero-order valence-corrected chi connectivity index (χ0v) is 20.1. The van der Waals surface area contributed by atoms with E-state index in [0.717, 1.165) is 29.5 Å². The summed E-state index contributed by atoms with van der Waals surface area (Å²) in [6, 6.07) is 3.96. The highest BCUT2D eigenvalue weighted by molar-refractivity contribution is 5.75. The number of methoxy groups -OCH3 is 1. The molecule has 0 aliphatic rings. The van der Waals surface area contributed by atoms with Gasteiger partial charge in [-0.15, -0.1) is 0 Å². The average Bonchev–Trinajstić information content (AvgIpc) is 2.63. The van der Waals surface area contributed by atoms with Crippen molar-refractivity contribution in [3.8, 4) is 5.75 Å². The standard InChI is InChI=1S/C25H40O5/c1-9-10-13-30-23(28)18(11-12-21(26)29-8)14-17-15-19(24(2,3)4)22(27)20(16-17)25(5,6)7/h15-16,18,27H,9-14H2,1-8H3. The molecule has 0 aromatic heterocycles. The first kappa shape index (κ1) is 26.0. The van der Waals surface area contributed by atoms with Gasteiger partial charge in [-0.2, -0.15) is 0 Å². The molecule has 1 unspecified atom stereocenters. The zero-order valence-electron chi connectivity index (χ0n) is 20.1. The molecule has 1 aromatic carbocycles. The summed E-state index contributed by atoms with van der Waals surface area (Å²) in [5.74, 6) is -0.741. The topological polar surface area (TPSA) is 72.8 Å². The van der Waals surface area contributed by atoms with Gasteiger partial charge in [-0.25, -0.2) is 0 Å². The molecule has 0 fully saturated rings. The number of phenols is 1. The van der Waals surface area contributed by atoms with Gasteiger partial charge in [-0.3, -0.25) is 9.59 Å². The quantitative estimate of drug-likeness (QED) is 0.425. The van der Waals surface area contributed by atoms with Crippen LogP contribution in [0.1, 0.15) is 90.8 Å². The van der Waals surface area contributed by atoms with Crippen LogP contribution < -0.4 is 0 Å². The van der Waals surface area contributed by atoms with E-state index < -0.39 is 5.92 Å². The third-order valence-corrected chi connectivity index (χ3v) is 5.27. The van der Waals surface area contributed by atoms with Crippen LogP contribution in [0.25, 0.3) is 0 Å². The number of unbranched alkanes of at least 4 members (excludes halogenated alkanes) is 1. The second-order valence-corrected chi connectivity index (χ2v) is 10.1. The largest absolute Gasteiger partial charge is 0.507 e. The highest BCUT2D eigenvalue weighted by atomic mass is 16.5. The van der Waals surface area contributed by atoms with Crippen molar-refractivity contribution in [2.24, 2.45) is 5.92 Å². The molecule has 0 saturated heterocycles. The van der Waals surface area contributed by atoms with Gasteiger partial charge in [0.2, 0.25) is 0 Å². The van der Waals surface area contributed by atoms with Gasteiger partial charge in [0.05, 0.1) is 19.6 Å². The number of esters is 2. The van der Waals surface area contributed by atoms with Gasteiger partial charge in [0.25, 0.3) is 0 Å². The van der Waals surface area contributed by atoms with Crippen molar-refractivity contribution >= 4 is 11.9 Å². The predicted molar refractivity (Wildman–Crippen MR) is 120 cm³/mol. The maximum Gasteiger partial charge on any atom is 0.309 e. The number of aromatic hydroxyl groups is 1. The Balaban J connectivity index is 3.28. The molecule has 0 amide bonds. The van der Waals surface area contributed by atoms with E-state index in [4.69, 9.17) is 9.47 Å². The summed E-state index contributed by atoms with van der Waals surface area (Å²) in [6.45, 7) is 14.8. The lowest BCUT2D eigenvalue weighted by molar-refractivity contribution is -0.149. The van der Waals surface area contributed by atoms with Crippen LogP contribution in [-0.4, -0.2) is 30.8 Å². The minimum absolute atomic E-state index is 0.167. The van der Waals surface area contributed by atoms with Gasteiger partial charge in [-0.05, 0) is 46.8 Å². The summed E-state index contributed by atoms with van der Waals surface area (Å²) in [7, 11) is 1.35.